The molecule has 10 heteroatoms. The molecule has 0 bridgehead atoms. The summed E-state index contributed by atoms with van der Waals surface area (Å²) in [5.74, 6) is -1.08. The van der Waals surface area contributed by atoms with Crippen LogP contribution in [0.3, 0.4) is 0 Å². The third-order valence-corrected chi connectivity index (χ3v) is 7.43. The molecule has 1 aliphatic rings. The molecule has 3 amide bonds. The van der Waals surface area contributed by atoms with Crippen LogP contribution in [0, 0.1) is 0 Å². The Labute approximate surface area is 199 Å². The van der Waals surface area contributed by atoms with Crippen molar-refractivity contribution < 1.29 is 27.5 Å². The minimum absolute atomic E-state index is 0.0322. The van der Waals surface area contributed by atoms with E-state index in [0.29, 0.717) is 23.0 Å². The number of carbonyl (C=O) groups excluding carboxylic acids is 3. The van der Waals surface area contributed by atoms with Crippen LogP contribution in [0.25, 0.3) is 0 Å². The Hall–Kier alpha value is -3.40. The maximum atomic E-state index is 13.5. The van der Waals surface area contributed by atoms with E-state index >= 15 is 0 Å². The van der Waals surface area contributed by atoms with Gasteiger partial charge in [0.25, 0.3) is 15.9 Å². The van der Waals surface area contributed by atoms with Crippen molar-refractivity contribution in [2.24, 2.45) is 0 Å². The Bertz CT molecular complexity index is 1160. The third-order valence-electron chi connectivity index (χ3n) is 5.64. The van der Waals surface area contributed by atoms with E-state index in [2.05, 4.69) is 5.32 Å². The van der Waals surface area contributed by atoms with Gasteiger partial charge in [-0.25, -0.2) is 12.7 Å². The van der Waals surface area contributed by atoms with Gasteiger partial charge < -0.3 is 15.0 Å². The summed E-state index contributed by atoms with van der Waals surface area (Å²) in [6, 6.07) is 12.0. The molecule has 0 saturated carbocycles. The molecule has 1 aliphatic heterocycles. The number of ether oxygens (including phenoxy) is 1. The second kappa shape index (κ2) is 10.7. The number of carbonyl (C=O) groups is 3. The standard InChI is InChI=1S/C24H29N3O6S/c1-4-14-25-23(29)20(5-2)26(15-17-10-12-18(33-3)13-11-17)22(28)16-27-24(30)19-8-6-7-9-21(19)34(27,31)32/h6-13,20H,4-5,14-16H2,1-3H3,(H,25,29)/t20-/m0/s1. The summed E-state index contributed by atoms with van der Waals surface area (Å²) in [5, 5.41) is 2.80. The van der Waals surface area contributed by atoms with Gasteiger partial charge in [-0.05, 0) is 42.7 Å². The van der Waals surface area contributed by atoms with Crippen molar-refractivity contribution in [1.82, 2.24) is 14.5 Å². The van der Waals surface area contributed by atoms with Crippen LogP contribution in [0.4, 0.5) is 0 Å². The molecule has 2 aromatic carbocycles. The minimum atomic E-state index is -4.15. The number of sulfonamides is 1. The largest absolute Gasteiger partial charge is 0.497 e. The van der Waals surface area contributed by atoms with E-state index in [9.17, 15) is 22.8 Å². The number of nitrogens with zero attached hydrogens (tertiary/aromatic N) is 2. The first kappa shape index (κ1) is 25.2. The zero-order valence-corrected chi connectivity index (χ0v) is 20.3. The van der Waals surface area contributed by atoms with Crippen LogP contribution >= 0.6 is 0 Å². The highest BCUT2D eigenvalue weighted by Crippen LogP contribution is 2.30. The van der Waals surface area contributed by atoms with Crippen molar-refractivity contribution in [3.8, 4) is 5.75 Å². The number of hydrogen-bond acceptors (Lipinski definition) is 6. The second-order valence-corrected chi connectivity index (χ2v) is 9.73. The molecule has 0 aliphatic carbocycles. The lowest BCUT2D eigenvalue weighted by Gasteiger charge is -2.31. The highest BCUT2D eigenvalue weighted by Gasteiger charge is 2.43. The van der Waals surface area contributed by atoms with Crippen LogP contribution < -0.4 is 10.1 Å². The highest BCUT2D eigenvalue weighted by atomic mass is 32.2. The molecule has 9 nitrogen and oxygen atoms in total. The van der Waals surface area contributed by atoms with Gasteiger partial charge in [0.2, 0.25) is 11.8 Å². The predicted octanol–water partition coefficient (Wildman–Crippen LogP) is 2.17. The van der Waals surface area contributed by atoms with E-state index in [-0.39, 0.29) is 22.9 Å². The number of hydrogen-bond donors (Lipinski definition) is 1. The molecule has 0 unspecified atom stereocenters. The topological polar surface area (TPSA) is 113 Å². The first-order chi connectivity index (χ1) is 16.2. The summed E-state index contributed by atoms with van der Waals surface area (Å²) in [7, 11) is -2.61. The zero-order chi connectivity index (χ0) is 24.9. The maximum absolute atomic E-state index is 13.5. The van der Waals surface area contributed by atoms with Gasteiger partial charge in [-0.3, -0.25) is 14.4 Å². The smallest absolute Gasteiger partial charge is 0.269 e. The summed E-state index contributed by atoms with van der Waals surface area (Å²) < 4.78 is 31.6. The average Bonchev–Trinajstić information content (AvgIpc) is 3.03. The Morgan fingerprint density at radius 1 is 1.09 bits per heavy atom. The SMILES string of the molecule is CCCNC(=O)[C@H](CC)N(Cc1ccc(OC)cc1)C(=O)CN1C(=O)c2ccccc2S1(=O)=O. The van der Waals surface area contributed by atoms with Crippen molar-refractivity contribution in [1.29, 1.82) is 0 Å². The van der Waals surface area contributed by atoms with Gasteiger partial charge in [-0.15, -0.1) is 0 Å². The van der Waals surface area contributed by atoms with Gasteiger partial charge in [0.05, 0.1) is 12.7 Å². The van der Waals surface area contributed by atoms with E-state index in [0.717, 1.165) is 12.0 Å². The fourth-order valence-electron chi connectivity index (χ4n) is 3.81. The Balaban J connectivity index is 1.90. The van der Waals surface area contributed by atoms with Crippen molar-refractivity contribution >= 4 is 27.7 Å². The van der Waals surface area contributed by atoms with Gasteiger partial charge >= 0.3 is 0 Å². The lowest BCUT2D eigenvalue weighted by atomic mass is 10.1. The van der Waals surface area contributed by atoms with Crippen molar-refractivity contribution in [2.75, 3.05) is 20.2 Å². The highest BCUT2D eigenvalue weighted by molar-refractivity contribution is 7.90. The Kier molecular flexibility index (Phi) is 7.93. The van der Waals surface area contributed by atoms with Crippen LogP contribution in [-0.4, -0.2) is 61.6 Å². The number of rotatable bonds is 10. The second-order valence-electron chi connectivity index (χ2n) is 7.90. The first-order valence-electron chi connectivity index (χ1n) is 11.1. The molecule has 0 saturated heterocycles. The fraction of sp³-hybridized carbons (Fsp3) is 0.375. The van der Waals surface area contributed by atoms with Gasteiger partial charge in [0, 0.05) is 13.1 Å². The molecule has 0 spiro atoms. The van der Waals surface area contributed by atoms with E-state index in [1.165, 1.54) is 23.1 Å². The number of methoxy groups -OCH3 is 1. The summed E-state index contributed by atoms with van der Waals surface area (Å²) in [5.41, 5.74) is 0.763. The number of amides is 3. The van der Waals surface area contributed by atoms with Crippen LogP contribution in [0.1, 0.15) is 42.6 Å². The molecule has 2 aromatic rings. The fourth-order valence-corrected chi connectivity index (χ4v) is 5.33. The summed E-state index contributed by atoms with van der Waals surface area (Å²) in [6.07, 6.45) is 1.05. The number of benzene rings is 2. The molecular weight excluding hydrogens is 458 g/mol. The molecule has 34 heavy (non-hydrogen) atoms. The number of fused-ring (bicyclic) bond motifs is 1. The normalized spacial score (nSPS) is 14.9. The van der Waals surface area contributed by atoms with Crippen LogP contribution in [0.5, 0.6) is 5.75 Å². The molecule has 0 radical (unpaired) electrons. The van der Waals surface area contributed by atoms with Gasteiger partial charge in [0.1, 0.15) is 23.2 Å². The van der Waals surface area contributed by atoms with Gasteiger partial charge in [-0.2, -0.15) is 0 Å². The Morgan fingerprint density at radius 3 is 2.35 bits per heavy atom. The van der Waals surface area contributed by atoms with Gasteiger partial charge in [0.15, 0.2) is 0 Å². The molecule has 182 valence electrons. The van der Waals surface area contributed by atoms with Crippen LogP contribution in [-0.2, 0) is 26.2 Å². The molecule has 0 fully saturated rings. The zero-order valence-electron chi connectivity index (χ0n) is 19.5. The molecule has 1 heterocycles. The quantitative estimate of drug-likeness (QED) is 0.550. The first-order valence-corrected chi connectivity index (χ1v) is 12.5. The molecule has 1 atom stereocenters. The van der Waals surface area contributed by atoms with Crippen LogP contribution in [0.2, 0.25) is 0 Å². The van der Waals surface area contributed by atoms with E-state index < -0.39 is 34.4 Å². The summed E-state index contributed by atoms with van der Waals surface area (Å²) in [6.45, 7) is 3.52. The van der Waals surface area contributed by atoms with Crippen LogP contribution in [0.15, 0.2) is 53.4 Å². The lowest BCUT2D eigenvalue weighted by molar-refractivity contribution is -0.141. The number of nitrogens with one attached hydrogen (secondary N) is 1. The van der Waals surface area contributed by atoms with Gasteiger partial charge in [-0.1, -0.05) is 38.1 Å². The Morgan fingerprint density at radius 2 is 1.76 bits per heavy atom. The summed E-state index contributed by atoms with van der Waals surface area (Å²) >= 11 is 0. The molecule has 3 rings (SSSR count). The lowest BCUT2D eigenvalue weighted by Crippen LogP contribution is -2.52. The molecule has 0 aromatic heterocycles. The van der Waals surface area contributed by atoms with Crippen molar-refractivity contribution in [2.45, 2.75) is 44.2 Å². The predicted molar refractivity (Wildman–Crippen MR) is 126 cm³/mol. The average molecular weight is 488 g/mol. The van der Waals surface area contributed by atoms with E-state index in [1.807, 2.05) is 6.92 Å². The van der Waals surface area contributed by atoms with E-state index in [4.69, 9.17) is 4.74 Å². The van der Waals surface area contributed by atoms with E-state index in [1.54, 1.807) is 44.4 Å². The minimum Gasteiger partial charge on any atom is -0.497 e. The summed E-state index contributed by atoms with van der Waals surface area (Å²) in [4.78, 5) is 40.3. The van der Waals surface area contributed by atoms with Crippen molar-refractivity contribution in [3.05, 3.63) is 59.7 Å². The third kappa shape index (κ3) is 5.06. The monoisotopic (exact) mass is 487 g/mol. The maximum Gasteiger partial charge on any atom is 0.269 e. The molecule has 1 N–H and O–H groups in total. The molecular formula is C24H29N3O6S. The van der Waals surface area contributed by atoms with Crippen molar-refractivity contribution in [3.63, 3.8) is 0 Å².